The minimum Gasteiger partial charge on any atom is -0.497 e. The minimum absolute atomic E-state index is 0.0245. The summed E-state index contributed by atoms with van der Waals surface area (Å²) in [5, 5.41) is 7.64. The van der Waals surface area contributed by atoms with Crippen LogP contribution in [0.2, 0.25) is 0 Å². The van der Waals surface area contributed by atoms with Gasteiger partial charge in [-0.25, -0.2) is 9.78 Å². The number of nitrogens with zero attached hydrogens (tertiary/aromatic N) is 2. The van der Waals surface area contributed by atoms with Crippen molar-refractivity contribution in [3.8, 4) is 11.5 Å². The van der Waals surface area contributed by atoms with Gasteiger partial charge < -0.3 is 24.7 Å². The van der Waals surface area contributed by atoms with Gasteiger partial charge in [-0.05, 0) is 48.0 Å². The van der Waals surface area contributed by atoms with Gasteiger partial charge >= 0.3 is 12.4 Å². The molecule has 0 unspecified atom stereocenters. The molecule has 0 aliphatic rings. The Morgan fingerprint density at radius 1 is 1.03 bits per heavy atom. The van der Waals surface area contributed by atoms with E-state index >= 15 is 0 Å². The number of ether oxygens (including phenoxy) is 2. The minimum atomic E-state index is -4.83. The second-order valence-corrected chi connectivity index (χ2v) is 8.29. The van der Waals surface area contributed by atoms with Crippen LogP contribution < -0.4 is 25.4 Å². The van der Waals surface area contributed by atoms with E-state index in [2.05, 4.69) is 25.7 Å². The number of halogens is 5. The predicted octanol–water partition coefficient (Wildman–Crippen LogP) is 5.68. The van der Waals surface area contributed by atoms with Crippen LogP contribution in [0.1, 0.15) is 16.2 Å². The van der Waals surface area contributed by atoms with E-state index in [0.717, 1.165) is 17.7 Å². The highest BCUT2D eigenvalue weighted by Crippen LogP contribution is 2.24. The number of allylic oxidation sites excluding steroid dienone is 1. The molecule has 0 spiro atoms. The van der Waals surface area contributed by atoms with Gasteiger partial charge in [-0.2, -0.15) is 0 Å². The fraction of sp³-hybridized carbons (Fsp3) is 0.174. The first kappa shape index (κ1) is 27.7. The quantitative estimate of drug-likeness (QED) is 0.313. The number of carbonyl (C=O) groups excluding carboxylic acids is 2. The van der Waals surface area contributed by atoms with Crippen molar-refractivity contribution in [2.45, 2.75) is 19.5 Å². The fourth-order valence-electron chi connectivity index (χ4n) is 2.99. The highest BCUT2D eigenvalue weighted by molar-refractivity contribution is 6.55. The number of hydrogen-bond acceptors (Lipinski definition) is 5. The molecule has 0 aliphatic heterocycles. The molecule has 196 valence electrons. The maximum atomic E-state index is 12.8. The molecule has 0 aliphatic carbocycles. The molecular formula is C23H20Cl2F3N5O4. The van der Waals surface area contributed by atoms with Gasteiger partial charge in [0, 0.05) is 25.0 Å². The van der Waals surface area contributed by atoms with E-state index in [-0.39, 0.29) is 34.9 Å². The molecule has 0 saturated heterocycles. The van der Waals surface area contributed by atoms with E-state index in [4.69, 9.17) is 27.9 Å². The molecule has 1 aromatic heterocycles. The third-order valence-electron chi connectivity index (χ3n) is 4.62. The topological polar surface area (TPSA) is 107 Å². The highest BCUT2D eigenvalue weighted by Gasteiger charge is 2.31. The maximum absolute atomic E-state index is 12.8. The molecule has 0 atom stereocenters. The molecular weight excluding hydrogens is 538 g/mol. The number of benzene rings is 2. The number of rotatable bonds is 9. The number of aromatic nitrogens is 2. The van der Waals surface area contributed by atoms with Crippen LogP contribution >= 0.6 is 23.2 Å². The molecule has 3 rings (SSSR count). The van der Waals surface area contributed by atoms with Crippen molar-refractivity contribution >= 4 is 46.6 Å². The van der Waals surface area contributed by atoms with E-state index in [1.165, 1.54) is 29.0 Å². The van der Waals surface area contributed by atoms with Crippen molar-refractivity contribution < 1.29 is 32.2 Å². The Kier molecular flexibility index (Phi) is 9.25. The molecule has 0 saturated carbocycles. The average molecular weight is 558 g/mol. The van der Waals surface area contributed by atoms with Crippen LogP contribution in [0.4, 0.5) is 29.5 Å². The van der Waals surface area contributed by atoms with Crippen molar-refractivity contribution in [3.63, 3.8) is 0 Å². The highest BCUT2D eigenvalue weighted by atomic mass is 35.5. The SMILES string of the molecule is COc1ccc(CNC(=O)c2nc(NC(=O)Nc3ccc(OC(F)(F)F)cc3)cn2CC=C(Cl)Cl)cc1. The lowest BCUT2D eigenvalue weighted by atomic mass is 10.2. The van der Waals surface area contributed by atoms with Crippen LogP contribution in [0.15, 0.2) is 65.3 Å². The molecule has 9 nitrogen and oxygen atoms in total. The Labute approximate surface area is 219 Å². The van der Waals surface area contributed by atoms with E-state index in [9.17, 15) is 22.8 Å². The number of carbonyl (C=O) groups is 2. The van der Waals surface area contributed by atoms with Gasteiger partial charge in [-0.3, -0.25) is 10.1 Å². The van der Waals surface area contributed by atoms with Crippen LogP contribution in [-0.4, -0.2) is 35.0 Å². The lowest BCUT2D eigenvalue weighted by molar-refractivity contribution is -0.274. The largest absolute Gasteiger partial charge is 0.573 e. The summed E-state index contributed by atoms with van der Waals surface area (Å²) >= 11 is 11.4. The van der Waals surface area contributed by atoms with E-state index in [1.54, 1.807) is 31.4 Å². The van der Waals surface area contributed by atoms with Gasteiger partial charge in [0.1, 0.15) is 16.0 Å². The summed E-state index contributed by atoms with van der Waals surface area (Å²) in [4.78, 5) is 29.3. The van der Waals surface area contributed by atoms with E-state index < -0.39 is 24.1 Å². The Morgan fingerprint density at radius 2 is 1.68 bits per heavy atom. The van der Waals surface area contributed by atoms with Crippen LogP contribution in [0, 0.1) is 0 Å². The predicted molar refractivity (Wildman–Crippen MR) is 132 cm³/mol. The first-order valence-corrected chi connectivity index (χ1v) is 11.2. The first-order valence-electron chi connectivity index (χ1n) is 10.5. The number of alkyl halides is 3. The van der Waals surface area contributed by atoms with Gasteiger partial charge in [0.15, 0.2) is 5.82 Å². The molecule has 2 aromatic carbocycles. The van der Waals surface area contributed by atoms with E-state index in [0.29, 0.717) is 5.75 Å². The molecule has 14 heteroatoms. The number of imidazole rings is 1. The second kappa shape index (κ2) is 12.4. The summed E-state index contributed by atoms with van der Waals surface area (Å²) in [6, 6.07) is 10.9. The zero-order valence-electron chi connectivity index (χ0n) is 19.1. The number of nitrogens with one attached hydrogen (secondary N) is 3. The molecule has 3 N–H and O–H groups in total. The van der Waals surface area contributed by atoms with Gasteiger partial charge in [0.2, 0.25) is 5.82 Å². The number of hydrogen-bond donors (Lipinski definition) is 3. The van der Waals surface area contributed by atoms with Crippen LogP contribution in [0.25, 0.3) is 0 Å². The summed E-state index contributed by atoms with van der Waals surface area (Å²) in [5.41, 5.74) is 1.01. The Morgan fingerprint density at radius 3 is 2.27 bits per heavy atom. The number of amides is 3. The van der Waals surface area contributed by atoms with Crippen LogP contribution in [-0.2, 0) is 13.1 Å². The average Bonchev–Trinajstić information content (AvgIpc) is 3.24. The van der Waals surface area contributed by atoms with Gasteiger partial charge in [0.25, 0.3) is 5.91 Å². The second-order valence-electron chi connectivity index (χ2n) is 7.28. The van der Waals surface area contributed by atoms with Crippen LogP contribution in [0.5, 0.6) is 11.5 Å². The molecule has 0 fully saturated rings. The lowest BCUT2D eigenvalue weighted by Crippen LogP contribution is -2.26. The number of anilines is 2. The smallest absolute Gasteiger partial charge is 0.497 e. The number of urea groups is 1. The zero-order valence-corrected chi connectivity index (χ0v) is 20.6. The Balaban J connectivity index is 1.67. The van der Waals surface area contributed by atoms with Crippen molar-refractivity contribution in [2.24, 2.45) is 0 Å². The third kappa shape index (κ3) is 8.92. The molecule has 0 bridgehead atoms. The number of methoxy groups -OCH3 is 1. The monoisotopic (exact) mass is 557 g/mol. The van der Waals surface area contributed by atoms with Crippen molar-refractivity contribution in [1.29, 1.82) is 0 Å². The third-order valence-corrected chi connectivity index (χ3v) is 4.93. The lowest BCUT2D eigenvalue weighted by Gasteiger charge is -2.10. The fourth-order valence-corrected chi connectivity index (χ4v) is 3.13. The van der Waals surface area contributed by atoms with Gasteiger partial charge in [-0.1, -0.05) is 35.3 Å². The van der Waals surface area contributed by atoms with Gasteiger partial charge in [-0.15, -0.1) is 13.2 Å². The molecule has 1 heterocycles. The maximum Gasteiger partial charge on any atom is 0.573 e. The zero-order chi connectivity index (χ0) is 27.0. The van der Waals surface area contributed by atoms with Gasteiger partial charge in [0.05, 0.1) is 7.11 Å². The van der Waals surface area contributed by atoms with Crippen molar-refractivity contribution in [1.82, 2.24) is 14.9 Å². The summed E-state index contributed by atoms with van der Waals surface area (Å²) in [7, 11) is 1.55. The van der Waals surface area contributed by atoms with E-state index in [1.807, 2.05) is 0 Å². The Bertz CT molecular complexity index is 1260. The summed E-state index contributed by atoms with van der Waals surface area (Å²) in [6.45, 7) is 0.295. The molecule has 3 aromatic rings. The normalized spacial score (nSPS) is 10.9. The van der Waals surface area contributed by atoms with Crippen molar-refractivity contribution in [3.05, 3.63) is 76.7 Å². The standard InChI is InChI=1S/C23H20Cl2F3N5O4/c1-36-16-6-2-14(3-7-16)12-29-21(34)20-31-19(13-33(20)11-10-18(24)25)32-22(35)30-15-4-8-17(9-5-15)37-23(26,27)28/h2-10,13H,11-12H2,1H3,(H,29,34)(H2,30,32,35). The van der Waals surface area contributed by atoms with Crippen LogP contribution in [0.3, 0.4) is 0 Å². The first-order chi connectivity index (χ1) is 17.5. The van der Waals surface area contributed by atoms with Crippen molar-refractivity contribution in [2.75, 3.05) is 17.7 Å². The summed E-state index contributed by atoms with van der Waals surface area (Å²) in [5.74, 6) is -0.279. The molecule has 3 amide bonds. The summed E-state index contributed by atoms with van der Waals surface area (Å²) < 4.78 is 47.1. The molecule has 0 radical (unpaired) electrons. The molecule has 37 heavy (non-hydrogen) atoms. The summed E-state index contributed by atoms with van der Waals surface area (Å²) in [6.07, 6.45) is -2.00. The Hall–Kier alpha value is -3.90.